The van der Waals surface area contributed by atoms with Crippen molar-refractivity contribution in [1.29, 1.82) is 5.26 Å². The molecule has 0 aliphatic rings. The number of hydrogen-bond acceptors (Lipinski definition) is 5. The number of nitrogens with zero attached hydrogens (tertiary/aromatic N) is 3. The summed E-state index contributed by atoms with van der Waals surface area (Å²) in [5.74, 6) is -0.665. The molecule has 136 valence electrons. The first-order valence-electron chi connectivity index (χ1n) is 7.34. The van der Waals surface area contributed by atoms with Gasteiger partial charge < -0.3 is 10.1 Å². The Morgan fingerprint density at radius 1 is 1.46 bits per heavy atom. The Labute approximate surface area is 146 Å². The third-order valence-corrected chi connectivity index (χ3v) is 5.12. The van der Waals surface area contributed by atoms with E-state index in [0.717, 1.165) is 23.1 Å². The lowest BCUT2D eigenvalue weighted by atomic mass is 10.1. The Balaban J connectivity index is 1.99. The number of sulfonamides is 1. The molecule has 0 saturated carbocycles. The molecule has 3 aromatic rings. The Bertz CT molecular complexity index is 1100. The number of aromatic nitrogens is 3. The minimum atomic E-state index is -4.11. The number of alkyl halides is 1. The maximum absolute atomic E-state index is 14.0. The lowest BCUT2D eigenvalue weighted by molar-refractivity contribution is 0.190. The molecule has 1 aromatic carbocycles. The van der Waals surface area contributed by atoms with Crippen molar-refractivity contribution < 1.29 is 22.3 Å². The van der Waals surface area contributed by atoms with Gasteiger partial charge in [0.2, 0.25) is 0 Å². The zero-order valence-electron chi connectivity index (χ0n) is 13.1. The van der Waals surface area contributed by atoms with E-state index in [1.807, 2.05) is 6.07 Å². The molecule has 0 spiro atoms. The van der Waals surface area contributed by atoms with Crippen LogP contribution in [0.3, 0.4) is 0 Å². The van der Waals surface area contributed by atoms with E-state index in [4.69, 9.17) is 10.4 Å². The van der Waals surface area contributed by atoms with Crippen LogP contribution in [-0.2, 0) is 10.0 Å². The monoisotopic (exact) mass is 381 g/mol. The van der Waals surface area contributed by atoms with Crippen LogP contribution in [0.1, 0.15) is 11.6 Å². The molecule has 1 atom stereocenters. The topological polar surface area (TPSA) is 124 Å². The van der Waals surface area contributed by atoms with Crippen molar-refractivity contribution >= 4 is 26.6 Å². The van der Waals surface area contributed by atoms with Gasteiger partial charge in [-0.25, -0.2) is 17.2 Å². The maximum atomic E-state index is 14.0. The van der Waals surface area contributed by atoms with Crippen molar-refractivity contribution in [2.24, 2.45) is 0 Å². The summed E-state index contributed by atoms with van der Waals surface area (Å²) in [4.78, 5) is 2.42. The van der Waals surface area contributed by atoms with E-state index in [1.54, 1.807) is 0 Å². The number of fused-ring (bicyclic) bond motifs is 1. The number of aliphatic hydroxyl groups excluding tert-OH is 1. The van der Waals surface area contributed by atoms with E-state index in [-0.39, 0.29) is 27.0 Å². The van der Waals surface area contributed by atoms with Gasteiger partial charge >= 0.3 is 0 Å². The van der Waals surface area contributed by atoms with E-state index in [9.17, 15) is 17.2 Å². The number of aliphatic hydroxyl groups is 1. The second-order valence-corrected chi connectivity index (χ2v) is 7.09. The third-order valence-electron chi connectivity index (χ3n) is 3.80. The van der Waals surface area contributed by atoms with Crippen LogP contribution < -0.4 is 4.72 Å². The number of rotatable bonds is 6. The van der Waals surface area contributed by atoms with Crippen LogP contribution in [0, 0.1) is 17.1 Å². The summed E-state index contributed by atoms with van der Waals surface area (Å²) in [5.41, 5.74) is 0.203. The van der Waals surface area contributed by atoms with Gasteiger partial charge in [0.1, 0.15) is 29.5 Å². The predicted octanol–water partition coefficient (Wildman–Crippen LogP) is 1.68. The first-order chi connectivity index (χ1) is 12.4. The van der Waals surface area contributed by atoms with Crippen LogP contribution in [0.2, 0.25) is 0 Å². The highest BCUT2D eigenvalue weighted by molar-refractivity contribution is 7.92. The van der Waals surface area contributed by atoms with Gasteiger partial charge in [-0.2, -0.15) is 10.4 Å². The van der Waals surface area contributed by atoms with Crippen molar-refractivity contribution in [3.05, 3.63) is 42.1 Å². The average Bonchev–Trinajstić information content (AvgIpc) is 3.26. The normalized spacial score (nSPS) is 12.8. The first-order valence-corrected chi connectivity index (χ1v) is 8.83. The molecule has 0 aliphatic heterocycles. The van der Waals surface area contributed by atoms with E-state index in [1.165, 1.54) is 12.3 Å². The minimum Gasteiger partial charge on any atom is -0.394 e. The SMILES string of the molecule is N#Cc1c[nH]c2c(NS(=O)(=O)c3cnn(C(CO)CF)c3)ccc(F)c12. The summed E-state index contributed by atoms with van der Waals surface area (Å²) in [6.07, 6.45) is 3.37. The molecule has 0 saturated heterocycles. The molecular formula is C15H13F2N5O3S. The minimum absolute atomic E-state index is 0.0267. The van der Waals surface area contributed by atoms with Crippen molar-refractivity contribution in [2.75, 3.05) is 18.0 Å². The summed E-state index contributed by atoms with van der Waals surface area (Å²) in [5, 5.41) is 21.8. The van der Waals surface area contributed by atoms with Gasteiger partial charge in [-0.05, 0) is 12.1 Å². The molecule has 0 radical (unpaired) electrons. The molecule has 1 unspecified atom stereocenters. The van der Waals surface area contributed by atoms with Crippen LogP contribution in [0.5, 0.6) is 0 Å². The highest BCUT2D eigenvalue weighted by Gasteiger charge is 2.22. The Hall–Kier alpha value is -2.97. The standard InChI is InChI=1S/C15H13F2N5O3S/c16-3-10(8-23)22-7-11(6-20-22)26(24,25)21-13-2-1-12(17)14-9(4-18)5-19-15(13)14/h1-2,5-7,10,19,21,23H,3,8H2. The Morgan fingerprint density at radius 2 is 2.23 bits per heavy atom. The summed E-state index contributed by atoms with van der Waals surface area (Å²) < 4.78 is 55.1. The molecule has 11 heteroatoms. The number of halogens is 2. The number of aromatic amines is 1. The largest absolute Gasteiger partial charge is 0.394 e. The quantitative estimate of drug-likeness (QED) is 0.599. The van der Waals surface area contributed by atoms with Crippen LogP contribution >= 0.6 is 0 Å². The Kier molecular flexibility index (Phi) is 4.62. The molecule has 0 aliphatic carbocycles. The molecule has 2 heterocycles. The van der Waals surface area contributed by atoms with Crippen molar-refractivity contribution in [3.63, 3.8) is 0 Å². The van der Waals surface area contributed by atoms with Crippen LogP contribution in [0.25, 0.3) is 10.9 Å². The van der Waals surface area contributed by atoms with Gasteiger partial charge in [-0.1, -0.05) is 0 Å². The molecule has 2 aromatic heterocycles. The number of anilines is 1. The molecular weight excluding hydrogens is 368 g/mol. The number of benzene rings is 1. The van der Waals surface area contributed by atoms with Gasteiger partial charge in [0.25, 0.3) is 10.0 Å². The second-order valence-electron chi connectivity index (χ2n) is 5.41. The fourth-order valence-corrected chi connectivity index (χ4v) is 3.46. The second kappa shape index (κ2) is 6.74. The molecule has 3 N–H and O–H groups in total. The van der Waals surface area contributed by atoms with Gasteiger partial charge in [-0.15, -0.1) is 0 Å². The molecule has 0 amide bonds. The molecule has 26 heavy (non-hydrogen) atoms. The van der Waals surface area contributed by atoms with Gasteiger partial charge in [0, 0.05) is 12.4 Å². The maximum Gasteiger partial charge on any atom is 0.265 e. The van der Waals surface area contributed by atoms with Crippen LogP contribution in [-0.4, -0.2) is 41.6 Å². The predicted molar refractivity (Wildman–Crippen MR) is 88.1 cm³/mol. The van der Waals surface area contributed by atoms with Crippen molar-refractivity contribution in [3.8, 4) is 6.07 Å². The molecule has 0 fully saturated rings. The van der Waals surface area contributed by atoms with E-state index in [2.05, 4.69) is 14.8 Å². The highest BCUT2D eigenvalue weighted by atomic mass is 32.2. The van der Waals surface area contributed by atoms with E-state index in [0.29, 0.717) is 0 Å². The number of nitriles is 1. The fourth-order valence-electron chi connectivity index (χ4n) is 2.45. The van der Waals surface area contributed by atoms with Crippen molar-refractivity contribution in [2.45, 2.75) is 10.9 Å². The van der Waals surface area contributed by atoms with Crippen molar-refractivity contribution in [1.82, 2.24) is 14.8 Å². The zero-order chi connectivity index (χ0) is 18.9. The summed E-state index contributed by atoms with van der Waals surface area (Å²) >= 11 is 0. The van der Waals surface area contributed by atoms with E-state index >= 15 is 0 Å². The third kappa shape index (κ3) is 3.00. The van der Waals surface area contributed by atoms with Gasteiger partial charge in [-0.3, -0.25) is 9.40 Å². The van der Waals surface area contributed by atoms with Crippen LogP contribution in [0.4, 0.5) is 14.5 Å². The van der Waals surface area contributed by atoms with Gasteiger partial charge in [0.05, 0.1) is 35.0 Å². The lowest BCUT2D eigenvalue weighted by Crippen LogP contribution is -2.16. The zero-order valence-corrected chi connectivity index (χ0v) is 14.0. The number of nitrogens with one attached hydrogen (secondary N) is 2. The van der Waals surface area contributed by atoms with Crippen LogP contribution in [0.15, 0.2) is 35.6 Å². The summed E-state index contributed by atoms with van der Waals surface area (Å²) in [7, 11) is -4.11. The molecule has 3 rings (SSSR count). The summed E-state index contributed by atoms with van der Waals surface area (Å²) in [6.45, 7) is -1.45. The smallest absolute Gasteiger partial charge is 0.265 e. The number of hydrogen-bond donors (Lipinski definition) is 3. The lowest BCUT2D eigenvalue weighted by Gasteiger charge is -2.10. The average molecular weight is 381 g/mol. The Morgan fingerprint density at radius 3 is 2.88 bits per heavy atom. The molecule has 0 bridgehead atoms. The first kappa shape index (κ1) is 17.8. The molecule has 8 nitrogen and oxygen atoms in total. The van der Waals surface area contributed by atoms with Gasteiger partial charge in [0.15, 0.2) is 0 Å². The van der Waals surface area contributed by atoms with E-state index < -0.39 is 35.2 Å². The fraction of sp³-hybridized carbons (Fsp3) is 0.200. The highest BCUT2D eigenvalue weighted by Crippen LogP contribution is 2.29. The summed E-state index contributed by atoms with van der Waals surface area (Å²) in [6, 6.07) is 3.09. The number of H-pyrrole nitrogens is 1.